The minimum Gasteiger partial charge on any atom is -0.486 e. The Balaban J connectivity index is 1.55. The van der Waals surface area contributed by atoms with Crippen LogP contribution in [-0.2, 0) is 0 Å². The highest BCUT2D eigenvalue weighted by molar-refractivity contribution is 5.79. The molecule has 0 amide bonds. The second-order valence-electron chi connectivity index (χ2n) is 6.95. The molecule has 1 atom stereocenters. The van der Waals surface area contributed by atoms with Crippen molar-refractivity contribution in [1.82, 2.24) is 15.5 Å². The quantitative estimate of drug-likeness (QED) is 0.380. The van der Waals surface area contributed by atoms with E-state index in [0.29, 0.717) is 13.2 Å². The fourth-order valence-corrected chi connectivity index (χ4v) is 2.88. The number of para-hydroxylation sites is 2. The first-order valence-electron chi connectivity index (χ1n) is 9.67. The summed E-state index contributed by atoms with van der Waals surface area (Å²) < 4.78 is 11.7. The highest BCUT2D eigenvalue weighted by Crippen LogP contribution is 2.30. The maximum absolute atomic E-state index is 5.95. The molecule has 0 aliphatic carbocycles. The standard InChI is InChI=1S/C20H34N4O2/c1-21-20(22-13-9-5-4-6-10-14-24(2)3)23-15-17-16-25-18-11-7-8-12-19(18)26-17/h7-8,11-12,17H,4-6,9-10,13-16H2,1-3H3,(H2,21,22,23). The summed E-state index contributed by atoms with van der Waals surface area (Å²) in [6.07, 6.45) is 6.31. The van der Waals surface area contributed by atoms with E-state index in [1.165, 1.54) is 38.6 Å². The highest BCUT2D eigenvalue weighted by atomic mass is 16.6. The average molecular weight is 363 g/mol. The van der Waals surface area contributed by atoms with Crippen LogP contribution in [0.4, 0.5) is 0 Å². The van der Waals surface area contributed by atoms with Crippen LogP contribution in [0.15, 0.2) is 29.3 Å². The molecular weight excluding hydrogens is 328 g/mol. The van der Waals surface area contributed by atoms with Crippen molar-refractivity contribution in [1.29, 1.82) is 0 Å². The van der Waals surface area contributed by atoms with Crippen LogP contribution >= 0.6 is 0 Å². The molecule has 0 saturated heterocycles. The molecule has 0 fully saturated rings. The molecule has 2 N–H and O–H groups in total. The topological polar surface area (TPSA) is 58.1 Å². The molecule has 26 heavy (non-hydrogen) atoms. The van der Waals surface area contributed by atoms with E-state index < -0.39 is 0 Å². The van der Waals surface area contributed by atoms with Crippen LogP contribution in [0.1, 0.15) is 32.1 Å². The van der Waals surface area contributed by atoms with E-state index in [2.05, 4.69) is 34.6 Å². The van der Waals surface area contributed by atoms with Gasteiger partial charge in [0.25, 0.3) is 0 Å². The molecular formula is C20H34N4O2. The van der Waals surface area contributed by atoms with Crippen molar-refractivity contribution in [2.24, 2.45) is 4.99 Å². The molecule has 1 aliphatic rings. The summed E-state index contributed by atoms with van der Waals surface area (Å²) in [5, 5.41) is 6.69. The summed E-state index contributed by atoms with van der Waals surface area (Å²) in [5.74, 6) is 2.44. The Bertz CT molecular complexity index is 548. The number of hydrogen-bond donors (Lipinski definition) is 2. The number of benzene rings is 1. The Hall–Kier alpha value is -1.95. The fraction of sp³-hybridized carbons (Fsp3) is 0.650. The van der Waals surface area contributed by atoms with Crippen molar-refractivity contribution in [3.63, 3.8) is 0 Å². The average Bonchev–Trinajstić information content (AvgIpc) is 2.65. The number of hydrogen-bond acceptors (Lipinski definition) is 4. The third kappa shape index (κ3) is 7.52. The van der Waals surface area contributed by atoms with Crippen LogP contribution < -0.4 is 20.1 Å². The number of fused-ring (bicyclic) bond motifs is 1. The van der Waals surface area contributed by atoms with E-state index in [1.54, 1.807) is 7.05 Å². The molecule has 1 unspecified atom stereocenters. The molecule has 0 spiro atoms. The second-order valence-corrected chi connectivity index (χ2v) is 6.95. The minimum atomic E-state index is -0.0138. The number of nitrogens with one attached hydrogen (secondary N) is 2. The first-order chi connectivity index (χ1) is 12.7. The molecule has 1 aliphatic heterocycles. The van der Waals surface area contributed by atoms with E-state index in [0.717, 1.165) is 24.0 Å². The number of aliphatic imine (C=N–C) groups is 1. The van der Waals surface area contributed by atoms with E-state index in [-0.39, 0.29) is 6.10 Å². The van der Waals surface area contributed by atoms with Gasteiger partial charge >= 0.3 is 0 Å². The Morgan fingerprint density at radius 1 is 1.08 bits per heavy atom. The van der Waals surface area contributed by atoms with Gasteiger partial charge in [-0.15, -0.1) is 0 Å². The smallest absolute Gasteiger partial charge is 0.191 e. The minimum absolute atomic E-state index is 0.0138. The van der Waals surface area contributed by atoms with Crippen molar-refractivity contribution in [3.8, 4) is 11.5 Å². The lowest BCUT2D eigenvalue weighted by atomic mass is 10.1. The summed E-state index contributed by atoms with van der Waals surface area (Å²) in [5.41, 5.74) is 0. The van der Waals surface area contributed by atoms with Gasteiger partial charge in [0.15, 0.2) is 17.5 Å². The zero-order valence-electron chi connectivity index (χ0n) is 16.5. The summed E-state index contributed by atoms with van der Waals surface area (Å²) >= 11 is 0. The molecule has 0 radical (unpaired) electrons. The zero-order chi connectivity index (χ0) is 18.6. The van der Waals surface area contributed by atoms with Crippen LogP contribution in [-0.4, -0.2) is 64.3 Å². The maximum atomic E-state index is 5.95. The maximum Gasteiger partial charge on any atom is 0.191 e. The lowest BCUT2D eigenvalue weighted by Crippen LogP contribution is -2.45. The van der Waals surface area contributed by atoms with Gasteiger partial charge in [-0.2, -0.15) is 0 Å². The van der Waals surface area contributed by atoms with E-state index in [1.807, 2.05) is 24.3 Å². The van der Waals surface area contributed by atoms with Gasteiger partial charge in [0.1, 0.15) is 12.7 Å². The van der Waals surface area contributed by atoms with Crippen LogP contribution in [0, 0.1) is 0 Å². The molecule has 0 aromatic heterocycles. The zero-order valence-corrected chi connectivity index (χ0v) is 16.5. The molecule has 0 bridgehead atoms. The number of unbranched alkanes of at least 4 members (excludes halogenated alkanes) is 4. The first kappa shape index (κ1) is 20.4. The van der Waals surface area contributed by atoms with Gasteiger partial charge in [0, 0.05) is 13.6 Å². The van der Waals surface area contributed by atoms with Crippen molar-refractivity contribution in [2.45, 2.75) is 38.2 Å². The Morgan fingerprint density at radius 3 is 2.58 bits per heavy atom. The monoisotopic (exact) mass is 362 g/mol. The number of guanidine groups is 1. The lowest BCUT2D eigenvalue weighted by Gasteiger charge is -2.27. The summed E-state index contributed by atoms with van der Waals surface area (Å²) in [6.45, 7) is 3.34. The SMILES string of the molecule is CN=C(NCCCCCCCN(C)C)NCC1COc2ccccc2O1. The first-order valence-corrected chi connectivity index (χ1v) is 9.67. The summed E-state index contributed by atoms with van der Waals surface area (Å²) in [7, 11) is 6.06. The molecule has 6 heteroatoms. The molecule has 1 aromatic carbocycles. The van der Waals surface area contributed by atoms with Gasteiger partial charge in [0.05, 0.1) is 6.54 Å². The van der Waals surface area contributed by atoms with Crippen LogP contribution in [0.2, 0.25) is 0 Å². The van der Waals surface area contributed by atoms with E-state index in [4.69, 9.17) is 9.47 Å². The molecule has 146 valence electrons. The van der Waals surface area contributed by atoms with Gasteiger partial charge in [-0.05, 0) is 45.6 Å². The van der Waals surface area contributed by atoms with Gasteiger partial charge < -0.3 is 25.0 Å². The van der Waals surface area contributed by atoms with Crippen molar-refractivity contribution in [3.05, 3.63) is 24.3 Å². The normalized spacial score (nSPS) is 16.6. The van der Waals surface area contributed by atoms with Gasteiger partial charge in [-0.3, -0.25) is 4.99 Å². The molecule has 1 heterocycles. The molecule has 0 saturated carbocycles. The predicted octanol–water partition coefficient (Wildman–Crippen LogP) is 2.50. The number of rotatable bonds is 10. The van der Waals surface area contributed by atoms with Crippen LogP contribution in [0.25, 0.3) is 0 Å². The van der Waals surface area contributed by atoms with E-state index in [9.17, 15) is 0 Å². The predicted molar refractivity (Wildman–Crippen MR) is 107 cm³/mol. The Kier molecular flexibility index (Phi) is 9.10. The van der Waals surface area contributed by atoms with Crippen LogP contribution in [0.5, 0.6) is 11.5 Å². The Labute approximate surface area is 158 Å². The number of nitrogens with zero attached hydrogens (tertiary/aromatic N) is 2. The number of ether oxygens (including phenoxy) is 2. The van der Waals surface area contributed by atoms with E-state index >= 15 is 0 Å². The lowest BCUT2D eigenvalue weighted by molar-refractivity contribution is 0.0936. The van der Waals surface area contributed by atoms with Crippen LogP contribution in [0.3, 0.4) is 0 Å². The Morgan fingerprint density at radius 2 is 1.81 bits per heavy atom. The highest BCUT2D eigenvalue weighted by Gasteiger charge is 2.20. The summed E-state index contributed by atoms with van der Waals surface area (Å²) in [6, 6.07) is 7.78. The van der Waals surface area contributed by atoms with Crippen molar-refractivity contribution < 1.29 is 9.47 Å². The van der Waals surface area contributed by atoms with Gasteiger partial charge in [-0.1, -0.05) is 31.4 Å². The second kappa shape index (κ2) is 11.6. The molecule has 6 nitrogen and oxygen atoms in total. The third-order valence-corrected chi connectivity index (χ3v) is 4.36. The van der Waals surface area contributed by atoms with Gasteiger partial charge in [0.2, 0.25) is 0 Å². The fourth-order valence-electron chi connectivity index (χ4n) is 2.88. The molecule has 2 rings (SSSR count). The molecule has 1 aromatic rings. The van der Waals surface area contributed by atoms with Crippen molar-refractivity contribution >= 4 is 5.96 Å². The third-order valence-electron chi connectivity index (χ3n) is 4.36. The van der Waals surface area contributed by atoms with Gasteiger partial charge in [-0.25, -0.2) is 0 Å². The van der Waals surface area contributed by atoms with Crippen molar-refractivity contribution in [2.75, 3.05) is 47.4 Å². The largest absolute Gasteiger partial charge is 0.486 e. The summed E-state index contributed by atoms with van der Waals surface area (Å²) in [4.78, 5) is 6.52.